The molecule has 0 unspecified atom stereocenters. The minimum atomic E-state index is -0.826. The number of hydrogen-bond acceptors (Lipinski definition) is 2. The molecule has 0 aliphatic heterocycles. The number of likely N-dealkylation sites (N-methyl/N-ethyl adjacent to an activating group) is 1. The van der Waals surface area contributed by atoms with E-state index < -0.39 is 5.97 Å². The third kappa shape index (κ3) is 5.42. The van der Waals surface area contributed by atoms with E-state index in [2.05, 4.69) is 18.7 Å². The Bertz CT molecular complexity index is 187. The summed E-state index contributed by atoms with van der Waals surface area (Å²) in [6.07, 6.45) is 2.87. The van der Waals surface area contributed by atoms with Crippen molar-refractivity contribution in [2.45, 2.75) is 27.2 Å². The topological polar surface area (TPSA) is 40.5 Å². The van der Waals surface area contributed by atoms with Crippen LogP contribution in [0.3, 0.4) is 0 Å². The molecule has 3 nitrogen and oxygen atoms in total. The Balaban J connectivity index is 3.95. The number of carboxylic acids is 1. The van der Waals surface area contributed by atoms with E-state index in [0.29, 0.717) is 5.57 Å². The summed E-state index contributed by atoms with van der Waals surface area (Å²) in [4.78, 5) is 12.7. The number of hydrogen-bond donors (Lipinski definition) is 1. The molecule has 0 saturated heterocycles. The first-order valence-corrected chi connectivity index (χ1v) is 4.74. The fourth-order valence-electron chi connectivity index (χ4n) is 1.05. The smallest absolute Gasteiger partial charge is 0.330 e. The van der Waals surface area contributed by atoms with Gasteiger partial charge in [-0.2, -0.15) is 0 Å². The molecule has 0 saturated carbocycles. The van der Waals surface area contributed by atoms with E-state index in [1.54, 1.807) is 13.0 Å². The summed E-state index contributed by atoms with van der Waals surface area (Å²) in [5.74, 6) is -0.826. The molecule has 0 aliphatic rings. The monoisotopic (exact) mass is 185 g/mol. The molecule has 0 aliphatic carbocycles. The second kappa shape index (κ2) is 6.66. The van der Waals surface area contributed by atoms with Crippen molar-refractivity contribution in [1.29, 1.82) is 0 Å². The van der Waals surface area contributed by atoms with Gasteiger partial charge in [0.05, 0.1) is 0 Å². The highest BCUT2D eigenvalue weighted by Gasteiger charge is 2.01. The van der Waals surface area contributed by atoms with Crippen molar-refractivity contribution < 1.29 is 9.90 Å². The van der Waals surface area contributed by atoms with Gasteiger partial charge in [-0.3, -0.25) is 4.90 Å². The third-order valence-corrected chi connectivity index (χ3v) is 1.98. The molecule has 0 aromatic heterocycles. The lowest BCUT2D eigenvalue weighted by molar-refractivity contribution is -0.132. The largest absolute Gasteiger partial charge is 0.478 e. The minimum absolute atomic E-state index is 0.426. The number of rotatable bonds is 6. The molecule has 1 N–H and O–H groups in total. The van der Waals surface area contributed by atoms with Gasteiger partial charge in [-0.25, -0.2) is 4.79 Å². The lowest BCUT2D eigenvalue weighted by atomic mass is 10.2. The zero-order valence-electron chi connectivity index (χ0n) is 8.71. The predicted octanol–water partition coefficient (Wildman–Crippen LogP) is 1.75. The fraction of sp³-hybridized carbons (Fsp3) is 0.700. The Hall–Kier alpha value is -0.830. The van der Waals surface area contributed by atoms with Crippen LogP contribution in [0, 0.1) is 0 Å². The van der Waals surface area contributed by atoms with Gasteiger partial charge in [-0.1, -0.05) is 19.9 Å². The molecule has 0 aromatic carbocycles. The van der Waals surface area contributed by atoms with E-state index in [-0.39, 0.29) is 0 Å². The molecular weight excluding hydrogens is 166 g/mol. The van der Waals surface area contributed by atoms with Crippen LogP contribution >= 0.6 is 0 Å². The molecule has 0 radical (unpaired) electrons. The highest BCUT2D eigenvalue weighted by molar-refractivity contribution is 5.85. The van der Waals surface area contributed by atoms with Crippen molar-refractivity contribution in [1.82, 2.24) is 4.90 Å². The van der Waals surface area contributed by atoms with Gasteiger partial charge in [0.2, 0.25) is 0 Å². The van der Waals surface area contributed by atoms with Crippen LogP contribution in [0.25, 0.3) is 0 Å². The van der Waals surface area contributed by atoms with E-state index in [1.165, 1.54) is 0 Å². The van der Waals surface area contributed by atoms with Crippen LogP contribution in [-0.4, -0.2) is 35.6 Å². The average molecular weight is 185 g/mol. The number of nitrogens with zero attached hydrogens (tertiary/aromatic N) is 1. The van der Waals surface area contributed by atoms with Crippen LogP contribution in [0.4, 0.5) is 0 Å². The molecule has 13 heavy (non-hydrogen) atoms. The molecule has 0 bridgehead atoms. The van der Waals surface area contributed by atoms with Crippen molar-refractivity contribution in [3.63, 3.8) is 0 Å². The Morgan fingerprint density at radius 2 is 2.08 bits per heavy atom. The maximum atomic E-state index is 10.5. The van der Waals surface area contributed by atoms with Gasteiger partial charge < -0.3 is 5.11 Å². The van der Waals surface area contributed by atoms with Gasteiger partial charge in [-0.15, -0.1) is 0 Å². The van der Waals surface area contributed by atoms with E-state index in [4.69, 9.17) is 5.11 Å². The average Bonchev–Trinajstić information content (AvgIpc) is 2.11. The van der Waals surface area contributed by atoms with Crippen LogP contribution in [0.2, 0.25) is 0 Å². The van der Waals surface area contributed by atoms with Crippen molar-refractivity contribution in [3.8, 4) is 0 Å². The molecular formula is C10H19NO2. The summed E-state index contributed by atoms with van der Waals surface area (Å²) in [5.41, 5.74) is 0.426. The van der Waals surface area contributed by atoms with E-state index in [9.17, 15) is 4.79 Å². The molecule has 76 valence electrons. The molecule has 0 aromatic rings. The number of carbonyl (C=O) groups is 1. The first kappa shape index (κ1) is 12.2. The molecule has 0 heterocycles. The van der Waals surface area contributed by atoms with E-state index in [1.807, 2.05) is 0 Å². The summed E-state index contributed by atoms with van der Waals surface area (Å²) in [7, 11) is 0. The normalized spacial score (nSPS) is 12.2. The lowest BCUT2D eigenvalue weighted by Gasteiger charge is -2.17. The minimum Gasteiger partial charge on any atom is -0.478 e. The van der Waals surface area contributed by atoms with Gasteiger partial charge in [-0.05, 0) is 26.4 Å². The van der Waals surface area contributed by atoms with Gasteiger partial charge in [0.15, 0.2) is 0 Å². The standard InChI is InChI=1S/C10H19NO2/c1-4-7-11(5-2)8-6-9(3)10(12)13/h6H,4-5,7-8H2,1-3H3,(H,12,13). The van der Waals surface area contributed by atoms with Crippen molar-refractivity contribution in [2.75, 3.05) is 19.6 Å². The Morgan fingerprint density at radius 1 is 1.46 bits per heavy atom. The van der Waals surface area contributed by atoms with E-state index in [0.717, 1.165) is 26.1 Å². The van der Waals surface area contributed by atoms with Gasteiger partial charge in [0, 0.05) is 12.1 Å². The fourth-order valence-corrected chi connectivity index (χ4v) is 1.05. The zero-order valence-corrected chi connectivity index (χ0v) is 8.71. The zero-order chi connectivity index (χ0) is 10.3. The SMILES string of the molecule is CCCN(CC)CC=C(C)C(=O)O. The molecule has 0 fully saturated rings. The van der Waals surface area contributed by atoms with Crippen LogP contribution in [-0.2, 0) is 4.79 Å². The molecule has 0 spiro atoms. The van der Waals surface area contributed by atoms with Gasteiger partial charge in [0.25, 0.3) is 0 Å². The summed E-state index contributed by atoms with van der Waals surface area (Å²) in [6, 6.07) is 0. The highest BCUT2D eigenvalue weighted by atomic mass is 16.4. The maximum Gasteiger partial charge on any atom is 0.330 e. The maximum absolute atomic E-state index is 10.5. The Labute approximate surface area is 80.0 Å². The van der Waals surface area contributed by atoms with E-state index >= 15 is 0 Å². The van der Waals surface area contributed by atoms with Crippen LogP contribution < -0.4 is 0 Å². The first-order chi connectivity index (χ1) is 6.11. The van der Waals surface area contributed by atoms with Crippen molar-refractivity contribution in [2.24, 2.45) is 0 Å². The van der Waals surface area contributed by atoms with Gasteiger partial charge in [0.1, 0.15) is 0 Å². The quantitative estimate of drug-likeness (QED) is 0.641. The molecule has 3 heteroatoms. The Kier molecular flexibility index (Phi) is 6.24. The van der Waals surface area contributed by atoms with Gasteiger partial charge >= 0.3 is 5.97 Å². The first-order valence-electron chi connectivity index (χ1n) is 4.74. The van der Waals surface area contributed by atoms with Crippen molar-refractivity contribution in [3.05, 3.63) is 11.6 Å². The predicted molar refractivity (Wildman–Crippen MR) is 53.8 cm³/mol. The number of carboxylic acid groups (broad SMARTS) is 1. The molecule has 0 rings (SSSR count). The number of aliphatic carboxylic acids is 1. The lowest BCUT2D eigenvalue weighted by Crippen LogP contribution is -2.24. The van der Waals surface area contributed by atoms with Crippen LogP contribution in [0.1, 0.15) is 27.2 Å². The molecule has 0 atom stereocenters. The second-order valence-electron chi connectivity index (χ2n) is 3.09. The summed E-state index contributed by atoms with van der Waals surface area (Å²) >= 11 is 0. The second-order valence-corrected chi connectivity index (χ2v) is 3.09. The Morgan fingerprint density at radius 3 is 2.46 bits per heavy atom. The van der Waals surface area contributed by atoms with Crippen LogP contribution in [0.15, 0.2) is 11.6 Å². The van der Waals surface area contributed by atoms with Crippen LogP contribution in [0.5, 0.6) is 0 Å². The van der Waals surface area contributed by atoms with Crippen molar-refractivity contribution >= 4 is 5.97 Å². The third-order valence-electron chi connectivity index (χ3n) is 1.98. The summed E-state index contributed by atoms with van der Waals surface area (Å²) in [5, 5.41) is 8.61. The summed E-state index contributed by atoms with van der Waals surface area (Å²) < 4.78 is 0. The highest BCUT2D eigenvalue weighted by Crippen LogP contribution is 1.96. The molecule has 0 amide bonds. The summed E-state index contributed by atoms with van der Waals surface area (Å²) in [6.45, 7) is 8.57.